The summed E-state index contributed by atoms with van der Waals surface area (Å²) in [4.78, 5) is 29.6. The molecule has 3 aromatic carbocycles. The Kier molecular flexibility index (Phi) is 5.27. The van der Waals surface area contributed by atoms with Crippen molar-refractivity contribution in [3.05, 3.63) is 88.7 Å². The molecule has 1 aromatic heterocycles. The van der Waals surface area contributed by atoms with Crippen LogP contribution >= 0.6 is 15.9 Å². The predicted octanol–water partition coefficient (Wildman–Crippen LogP) is 3.98. The highest BCUT2D eigenvalue weighted by atomic mass is 79.9. The van der Waals surface area contributed by atoms with E-state index in [1.54, 1.807) is 12.3 Å². The van der Waals surface area contributed by atoms with Gasteiger partial charge in [0.15, 0.2) is 0 Å². The molecular weight excluding hydrogens is 430 g/mol. The summed E-state index contributed by atoms with van der Waals surface area (Å²) in [5, 5.41) is 6.41. The van der Waals surface area contributed by atoms with Gasteiger partial charge >= 0.3 is 0 Å². The Morgan fingerprint density at radius 3 is 2.17 bits per heavy atom. The first-order valence-electron chi connectivity index (χ1n) is 9.14. The summed E-state index contributed by atoms with van der Waals surface area (Å²) < 4.78 is 0.621. The molecule has 0 bridgehead atoms. The number of primary amides is 1. The molecule has 0 saturated heterocycles. The molecule has 0 radical (unpaired) electrons. The molecule has 1 heterocycles. The molecule has 2 amide bonds. The maximum absolute atomic E-state index is 13.3. The van der Waals surface area contributed by atoms with Gasteiger partial charge in [-0.05, 0) is 55.2 Å². The van der Waals surface area contributed by atoms with Gasteiger partial charge in [-0.3, -0.25) is 9.59 Å². The fourth-order valence-corrected chi connectivity index (χ4v) is 3.92. The van der Waals surface area contributed by atoms with Gasteiger partial charge in [-0.25, -0.2) is 4.98 Å². The first-order valence-corrected chi connectivity index (χ1v) is 9.94. The summed E-state index contributed by atoms with van der Waals surface area (Å²) in [6, 6.07) is 20.2. The number of pyridine rings is 1. The van der Waals surface area contributed by atoms with Crippen molar-refractivity contribution in [3.8, 4) is 0 Å². The Labute approximate surface area is 176 Å². The van der Waals surface area contributed by atoms with Gasteiger partial charge in [0.2, 0.25) is 5.91 Å². The SMILES string of the molecule is NC(=O)[C@@H](Cc1cccnc1Br)NC(=O)c1c2ccccc2cc2ccccc12. The molecule has 0 aliphatic rings. The molecule has 0 unspecified atom stereocenters. The summed E-state index contributed by atoms with van der Waals surface area (Å²) in [5.74, 6) is -0.930. The Bertz CT molecular complexity index is 1190. The minimum atomic E-state index is -0.860. The van der Waals surface area contributed by atoms with E-state index in [0.29, 0.717) is 10.2 Å². The van der Waals surface area contributed by atoms with Crippen molar-refractivity contribution >= 4 is 49.3 Å². The smallest absolute Gasteiger partial charge is 0.253 e. The summed E-state index contributed by atoms with van der Waals surface area (Å²) in [6.45, 7) is 0. The van der Waals surface area contributed by atoms with Crippen LogP contribution in [-0.4, -0.2) is 22.8 Å². The maximum atomic E-state index is 13.3. The van der Waals surface area contributed by atoms with Crippen molar-refractivity contribution < 1.29 is 9.59 Å². The zero-order chi connectivity index (χ0) is 20.4. The lowest BCUT2D eigenvalue weighted by molar-refractivity contribution is -0.119. The third-order valence-corrected chi connectivity index (χ3v) is 5.62. The van der Waals surface area contributed by atoms with Crippen LogP contribution in [0.1, 0.15) is 15.9 Å². The van der Waals surface area contributed by atoms with Gasteiger partial charge in [-0.2, -0.15) is 0 Å². The highest BCUT2D eigenvalue weighted by Gasteiger charge is 2.23. The lowest BCUT2D eigenvalue weighted by Gasteiger charge is -2.18. The fraction of sp³-hybridized carbons (Fsp3) is 0.0870. The number of aromatic nitrogens is 1. The molecule has 6 heteroatoms. The molecule has 0 aliphatic heterocycles. The predicted molar refractivity (Wildman–Crippen MR) is 118 cm³/mol. The number of nitrogens with zero attached hydrogens (tertiary/aromatic N) is 1. The van der Waals surface area contributed by atoms with Gasteiger partial charge in [-0.15, -0.1) is 0 Å². The summed E-state index contributed by atoms with van der Waals surface area (Å²) in [7, 11) is 0. The highest BCUT2D eigenvalue weighted by Crippen LogP contribution is 2.28. The lowest BCUT2D eigenvalue weighted by atomic mass is 9.96. The molecule has 1 atom stereocenters. The molecule has 29 heavy (non-hydrogen) atoms. The topological polar surface area (TPSA) is 85.1 Å². The largest absolute Gasteiger partial charge is 0.368 e. The van der Waals surface area contributed by atoms with E-state index in [1.807, 2.05) is 54.6 Å². The third kappa shape index (κ3) is 3.84. The van der Waals surface area contributed by atoms with Crippen LogP contribution in [0.25, 0.3) is 21.5 Å². The van der Waals surface area contributed by atoms with Crippen LogP contribution < -0.4 is 11.1 Å². The van der Waals surface area contributed by atoms with Crippen LogP contribution in [-0.2, 0) is 11.2 Å². The van der Waals surface area contributed by atoms with Crippen LogP contribution in [0.4, 0.5) is 0 Å². The Morgan fingerprint density at radius 1 is 0.966 bits per heavy atom. The van der Waals surface area contributed by atoms with Crippen LogP contribution in [0, 0.1) is 0 Å². The molecule has 144 valence electrons. The number of fused-ring (bicyclic) bond motifs is 2. The summed E-state index contributed by atoms with van der Waals surface area (Å²) in [5.41, 5.74) is 6.93. The highest BCUT2D eigenvalue weighted by molar-refractivity contribution is 9.10. The first kappa shape index (κ1) is 19.1. The molecular formula is C23H18BrN3O2. The number of rotatable bonds is 5. The number of halogens is 1. The molecule has 5 nitrogen and oxygen atoms in total. The van der Waals surface area contributed by atoms with E-state index in [1.165, 1.54) is 0 Å². The standard InChI is InChI=1S/C23H18BrN3O2/c24-21-16(8-5-11-26-21)13-19(22(25)28)27-23(29)20-17-9-3-1-6-14(17)12-15-7-2-4-10-18(15)20/h1-12,19H,13H2,(H2,25,28)(H,27,29)/t19-/m1/s1. The van der Waals surface area contributed by atoms with Gasteiger partial charge in [0.1, 0.15) is 10.6 Å². The van der Waals surface area contributed by atoms with E-state index >= 15 is 0 Å². The minimum absolute atomic E-state index is 0.248. The number of benzene rings is 3. The monoisotopic (exact) mass is 447 g/mol. The molecule has 4 rings (SSSR count). The van der Waals surface area contributed by atoms with Gasteiger partial charge in [0, 0.05) is 12.6 Å². The van der Waals surface area contributed by atoms with Gasteiger partial charge in [-0.1, -0.05) is 54.6 Å². The van der Waals surface area contributed by atoms with Crippen LogP contribution in [0.15, 0.2) is 77.5 Å². The van der Waals surface area contributed by atoms with Crippen LogP contribution in [0.2, 0.25) is 0 Å². The van der Waals surface area contributed by atoms with Crippen molar-refractivity contribution in [3.63, 3.8) is 0 Å². The van der Waals surface area contributed by atoms with Crippen molar-refractivity contribution in [2.24, 2.45) is 5.73 Å². The molecule has 0 saturated carbocycles. The zero-order valence-corrected chi connectivity index (χ0v) is 17.0. The molecule has 3 N–H and O–H groups in total. The van der Waals surface area contributed by atoms with Crippen molar-refractivity contribution in [2.75, 3.05) is 0 Å². The van der Waals surface area contributed by atoms with E-state index in [0.717, 1.165) is 27.1 Å². The lowest BCUT2D eigenvalue weighted by Crippen LogP contribution is -2.46. The molecule has 0 aliphatic carbocycles. The Morgan fingerprint density at radius 2 is 1.59 bits per heavy atom. The number of hydrogen-bond donors (Lipinski definition) is 2. The van der Waals surface area contributed by atoms with E-state index in [2.05, 4.69) is 32.3 Å². The minimum Gasteiger partial charge on any atom is -0.368 e. The van der Waals surface area contributed by atoms with Crippen LogP contribution in [0.3, 0.4) is 0 Å². The number of nitrogens with two attached hydrogens (primary N) is 1. The maximum Gasteiger partial charge on any atom is 0.253 e. The average molecular weight is 448 g/mol. The average Bonchev–Trinajstić information content (AvgIpc) is 2.72. The summed E-state index contributed by atoms with van der Waals surface area (Å²) >= 11 is 3.37. The van der Waals surface area contributed by atoms with E-state index in [9.17, 15) is 9.59 Å². The van der Waals surface area contributed by atoms with Crippen LogP contribution in [0.5, 0.6) is 0 Å². The third-order valence-electron chi connectivity index (χ3n) is 4.91. The van der Waals surface area contributed by atoms with Crippen molar-refractivity contribution in [2.45, 2.75) is 12.5 Å². The first-order chi connectivity index (χ1) is 14.0. The quantitative estimate of drug-likeness (QED) is 0.358. The van der Waals surface area contributed by atoms with Gasteiger partial charge in [0.05, 0.1) is 5.56 Å². The van der Waals surface area contributed by atoms with Gasteiger partial charge < -0.3 is 11.1 Å². The number of carbonyl (C=O) groups excluding carboxylic acids is 2. The second-order valence-electron chi connectivity index (χ2n) is 6.78. The Hall–Kier alpha value is -3.25. The van der Waals surface area contributed by atoms with Crippen molar-refractivity contribution in [1.29, 1.82) is 0 Å². The normalized spacial score (nSPS) is 12.0. The van der Waals surface area contributed by atoms with E-state index in [4.69, 9.17) is 5.73 Å². The number of nitrogens with one attached hydrogen (secondary N) is 1. The van der Waals surface area contributed by atoms with Gasteiger partial charge in [0.25, 0.3) is 5.91 Å². The Balaban J connectivity index is 1.75. The molecule has 0 fully saturated rings. The second-order valence-corrected chi connectivity index (χ2v) is 7.53. The van der Waals surface area contributed by atoms with E-state index < -0.39 is 11.9 Å². The molecule has 0 spiro atoms. The van der Waals surface area contributed by atoms with Crippen molar-refractivity contribution in [1.82, 2.24) is 10.3 Å². The summed E-state index contributed by atoms with van der Waals surface area (Å²) in [6.07, 6.45) is 1.89. The second kappa shape index (κ2) is 8.01. The number of carbonyl (C=O) groups is 2. The fourth-order valence-electron chi connectivity index (χ4n) is 3.50. The molecule has 4 aromatic rings. The number of amides is 2. The van der Waals surface area contributed by atoms with E-state index in [-0.39, 0.29) is 12.3 Å². The number of hydrogen-bond acceptors (Lipinski definition) is 3. The zero-order valence-electron chi connectivity index (χ0n) is 15.4.